The zero-order chi connectivity index (χ0) is 15.6. The van der Waals surface area contributed by atoms with Crippen LogP contribution in [0.15, 0.2) is 29.3 Å². The molecule has 0 amide bonds. The molecule has 2 aromatic rings. The zero-order valence-corrected chi connectivity index (χ0v) is 13.5. The number of rotatable bonds is 4. The maximum Gasteiger partial charge on any atom is 0.241 e. The maximum absolute atomic E-state index is 12.4. The summed E-state index contributed by atoms with van der Waals surface area (Å²) in [6, 6.07) is 6.11. The summed E-state index contributed by atoms with van der Waals surface area (Å²) in [4.78, 5) is 5.41. The van der Waals surface area contributed by atoms with E-state index in [-0.39, 0.29) is 4.90 Å². The minimum Gasteiger partial charge on any atom is -0.248 e. The first kappa shape index (κ1) is 15.6. The summed E-state index contributed by atoms with van der Waals surface area (Å²) in [7, 11) is -3.65. The lowest BCUT2D eigenvalue weighted by Gasteiger charge is -2.13. The van der Waals surface area contributed by atoms with Crippen LogP contribution >= 0.6 is 11.3 Å². The third-order valence-electron chi connectivity index (χ3n) is 2.94. The average molecular weight is 321 g/mol. The molecule has 0 saturated carbocycles. The number of thiazole rings is 1. The second kappa shape index (κ2) is 5.93. The number of nitrogens with zero attached hydrogens (tertiary/aromatic N) is 2. The summed E-state index contributed by atoms with van der Waals surface area (Å²) >= 11 is 1.46. The van der Waals surface area contributed by atoms with Gasteiger partial charge in [0.15, 0.2) is 0 Å². The van der Waals surface area contributed by atoms with Crippen molar-refractivity contribution in [3.8, 4) is 6.07 Å². The van der Waals surface area contributed by atoms with E-state index in [1.54, 1.807) is 26.1 Å². The molecule has 7 heteroatoms. The molecule has 1 aromatic heterocycles. The minimum atomic E-state index is -3.65. The van der Waals surface area contributed by atoms with Gasteiger partial charge in [0.05, 0.1) is 22.6 Å². The van der Waals surface area contributed by atoms with Crippen molar-refractivity contribution in [1.29, 1.82) is 5.26 Å². The number of sulfonamides is 1. The number of benzene rings is 1. The Morgan fingerprint density at radius 2 is 2.10 bits per heavy atom. The van der Waals surface area contributed by atoms with E-state index in [1.165, 1.54) is 23.5 Å². The van der Waals surface area contributed by atoms with Crippen molar-refractivity contribution in [3.05, 3.63) is 45.4 Å². The summed E-state index contributed by atoms with van der Waals surface area (Å²) in [5.41, 5.74) is 0.985. The van der Waals surface area contributed by atoms with Gasteiger partial charge in [0.2, 0.25) is 10.0 Å². The van der Waals surface area contributed by atoms with Crippen molar-refractivity contribution < 1.29 is 8.42 Å². The topological polar surface area (TPSA) is 82.8 Å². The summed E-state index contributed by atoms with van der Waals surface area (Å²) in [5.74, 6) is 0. The Morgan fingerprint density at radius 1 is 1.38 bits per heavy atom. The van der Waals surface area contributed by atoms with Gasteiger partial charge in [0, 0.05) is 11.1 Å². The molecule has 1 atom stereocenters. The fourth-order valence-electron chi connectivity index (χ4n) is 1.94. The molecule has 5 nitrogen and oxygen atoms in total. The van der Waals surface area contributed by atoms with Crippen LogP contribution in [-0.4, -0.2) is 13.4 Å². The number of nitriles is 1. The van der Waals surface area contributed by atoms with Crippen molar-refractivity contribution in [2.24, 2.45) is 0 Å². The van der Waals surface area contributed by atoms with E-state index < -0.39 is 16.1 Å². The first-order valence-electron chi connectivity index (χ1n) is 6.29. The molecule has 21 heavy (non-hydrogen) atoms. The van der Waals surface area contributed by atoms with Crippen molar-refractivity contribution in [3.63, 3.8) is 0 Å². The van der Waals surface area contributed by atoms with E-state index in [4.69, 9.17) is 5.26 Å². The van der Waals surface area contributed by atoms with E-state index in [0.29, 0.717) is 11.1 Å². The Morgan fingerprint density at radius 3 is 2.62 bits per heavy atom. The lowest BCUT2D eigenvalue weighted by Crippen LogP contribution is -2.27. The predicted molar refractivity (Wildman–Crippen MR) is 81.5 cm³/mol. The first-order chi connectivity index (χ1) is 9.83. The second-order valence-corrected chi connectivity index (χ2v) is 7.69. The number of hydrogen-bond donors (Lipinski definition) is 1. The van der Waals surface area contributed by atoms with Crippen LogP contribution in [0.1, 0.15) is 34.0 Å². The Bertz CT molecular complexity index is 804. The van der Waals surface area contributed by atoms with Gasteiger partial charge in [-0.15, -0.1) is 11.3 Å². The smallest absolute Gasteiger partial charge is 0.241 e. The predicted octanol–water partition coefficient (Wildman–Crippen LogP) is 2.67. The van der Waals surface area contributed by atoms with Gasteiger partial charge in [-0.3, -0.25) is 0 Å². The average Bonchev–Trinajstić information content (AvgIpc) is 2.84. The molecular weight excluding hydrogens is 306 g/mol. The van der Waals surface area contributed by atoms with Gasteiger partial charge in [0.25, 0.3) is 0 Å². The second-order valence-electron chi connectivity index (χ2n) is 4.74. The SMILES string of the molecule is Cc1cnc(C(C)NS(=O)(=O)c2ccc(C#N)cc2C)s1. The lowest BCUT2D eigenvalue weighted by molar-refractivity contribution is 0.565. The van der Waals surface area contributed by atoms with Crippen LogP contribution in [0, 0.1) is 25.2 Å². The van der Waals surface area contributed by atoms with Gasteiger partial charge in [-0.1, -0.05) is 0 Å². The van der Waals surface area contributed by atoms with E-state index in [9.17, 15) is 8.42 Å². The van der Waals surface area contributed by atoms with Crippen LogP contribution in [0.2, 0.25) is 0 Å². The Labute approximate surface area is 128 Å². The van der Waals surface area contributed by atoms with Gasteiger partial charge in [-0.05, 0) is 44.5 Å². The van der Waals surface area contributed by atoms with Crippen LogP contribution in [0.3, 0.4) is 0 Å². The third-order valence-corrected chi connectivity index (χ3v) is 5.73. The molecule has 1 N–H and O–H groups in total. The van der Waals surface area contributed by atoms with Crippen molar-refractivity contribution in [2.75, 3.05) is 0 Å². The van der Waals surface area contributed by atoms with Gasteiger partial charge < -0.3 is 0 Å². The molecule has 110 valence electrons. The Kier molecular flexibility index (Phi) is 4.42. The first-order valence-corrected chi connectivity index (χ1v) is 8.59. The standard InChI is InChI=1S/C14H15N3O2S2/c1-9-6-12(7-15)4-5-13(9)21(18,19)17-11(3)14-16-8-10(2)20-14/h4-6,8,11,17H,1-3H3. The molecule has 0 aliphatic carbocycles. The molecule has 1 heterocycles. The number of aromatic nitrogens is 1. The number of hydrogen-bond acceptors (Lipinski definition) is 5. The van der Waals surface area contributed by atoms with Crippen molar-refractivity contribution >= 4 is 21.4 Å². The van der Waals surface area contributed by atoms with Crippen molar-refractivity contribution in [2.45, 2.75) is 31.7 Å². The van der Waals surface area contributed by atoms with Crippen molar-refractivity contribution in [1.82, 2.24) is 9.71 Å². The molecule has 2 rings (SSSR count). The summed E-state index contributed by atoms with van der Waals surface area (Å²) < 4.78 is 27.5. The maximum atomic E-state index is 12.4. The highest BCUT2D eigenvalue weighted by Gasteiger charge is 2.21. The summed E-state index contributed by atoms with van der Waals surface area (Å²) in [6.07, 6.45) is 1.72. The molecule has 0 spiro atoms. The van der Waals surface area contributed by atoms with Crippen LogP contribution in [0.4, 0.5) is 0 Å². The fraction of sp³-hybridized carbons (Fsp3) is 0.286. The third kappa shape index (κ3) is 3.47. The molecule has 0 saturated heterocycles. The minimum absolute atomic E-state index is 0.182. The molecule has 1 aromatic carbocycles. The summed E-state index contributed by atoms with van der Waals surface area (Å²) in [6.45, 7) is 5.36. The van der Waals surface area contributed by atoms with Gasteiger partial charge >= 0.3 is 0 Å². The van der Waals surface area contributed by atoms with E-state index in [1.807, 2.05) is 13.0 Å². The highest BCUT2D eigenvalue weighted by atomic mass is 32.2. The Balaban J connectivity index is 2.28. The molecular formula is C14H15N3O2S2. The molecule has 0 aliphatic rings. The molecule has 0 fully saturated rings. The monoisotopic (exact) mass is 321 g/mol. The van der Waals surface area contributed by atoms with Crippen LogP contribution in [0.5, 0.6) is 0 Å². The van der Waals surface area contributed by atoms with Crippen LogP contribution in [0.25, 0.3) is 0 Å². The summed E-state index contributed by atoms with van der Waals surface area (Å²) in [5, 5.41) is 9.55. The molecule has 0 bridgehead atoms. The molecule has 1 unspecified atom stereocenters. The molecule has 0 aliphatic heterocycles. The normalized spacial score (nSPS) is 12.9. The lowest BCUT2D eigenvalue weighted by atomic mass is 10.2. The van der Waals surface area contributed by atoms with Gasteiger partial charge in [0.1, 0.15) is 5.01 Å². The molecule has 0 radical (unpaired) electrons. The van der Waals surface area contributed by atoms with E-state index in [0.717, 1.165) is 9.88 Å². The quantitative estimate of drug-likeness (QED) is 0.938. The van der Waals surface area contributed by atoms with E-state index >= 15 is 0 Å². The van der Waals surface area contributed by atoms with Crippen LogP contribution < -0.4 is 4.72 Å². The zero-order valence-electron chi connectivity index (χ0n) is 11.9. The number of aryl methyl sites for hydroxylation is 2. The Hall–Kier alpha value is -1.75. The highest BCUT2D eigenvalue weighted by molar-refractivity contribution is 7.89. The van der Waals surface area contributed by atoms with E-state index in [2.05, 4.69) is 9.71 Å². The number of nitrogens with one attached hydrogen (secondary N) is 1. The highest BCUT2D eigenvalue weighted by Crippen LogP contribution is 2.23. The van der Waals surface area contributed by atoms with Gasteiger partial charge in [-0.25, -0.2) is 18.1 Å². The van der Waals surface area contributed by atoms with Gasteiger partial charge in [-0.2, -0.15) is 5.26 Å². The fourth-order valence-corrected chi connectivity index (χ4v) is 4.22. The largest absolute Gasteiger partial charge is 0.248 e. The van der Waals surface area contributed by atoms with Crippen LogP contribution in [-0.2, 0) is 10.0 Å².